The molecule has 0 saturated carbocycles. The molecule has 3 aromatic carbocycles. The smallest absolute Gasteiger partial charge is 0.335 e. The van der Waals surface area contributed by atoms with E-state index in [-0.39, 0.29) is 17.7 Å². The van der Waals surface area contributed by atoms with Gasteiger partial charge in [-0.3, -0.25) is 9.59 Å². The number of amides is 2. The SMILES string of the molecule is O=C(/C=C/c1cc(Cl)ccc1-n1cnnn1)N[C@@H](Cc1ccccc1)C(=O)Nc1ccc(C(=O)O)cc1F. The van der Waals surface area contributed by atoms with E-state index in [2.05, 4.69) is 26.2 Å². The van der Waals surface area contributed by atoms with Crippen molar-refractivity contribution in [1.82, 2.24) is 25.5 Å². The minimum Gasteiger partial charge on any atom is -0.478 e. The Labute approximate surface area is 220 Å². The van der Waals surface area contributed by atoms with Crippen LogP contribution >= 0.6 is 11.6 Å². The van der Waals surface area contributed by atoms with Gasteiger partial charge in [-0.15, -0.1) is 5.10 Å². The zero-order valence-corrected chi connectivity index (χ0v) is 20.3. The lowest BCUT2D eigenvalue weighted by Gasteiger charge is -2.18. The van der Waals surface area contributed by atoms with E-state index >= 15 is 0 Å². The molecule has 1 atom stereocenters. The molecule has 0 saturated heterocycles. The fraction of sp³-hybridized carbons (Fsp3) is 0.0769. The number of aromatic nitrogens is 4. The minimum absolute atomic E-state index is 0.119. The maximum absolute atomic E-state index is 14.4. The van der Waals surface area contributed by atoms with Crippen molar-refractivity contribution < 1.29 is 23.9 Å². The van der Waals surface area contributed by atoms with Crippen molar-refractivity contribution in [2.45, 2.75) is 12.5 Å². The summed E-state index contributed by atoms with van der Waals surface area (Å²) < 4.78 is 15.8. The first-order valence-electron chi connectivity index (χ1n) is 11.2. The van der Waals surface area contributed by atoms with E-state index in [1.165, 1.54) is 29.2 Å². The predicted octanol–water partition coefficient (Wildman–Crippen LogP) is 3.53. The molecule has 4 rings (SSSR count). The van der Waals surface area contributed by atoms with Crippen LogP contribution < -0.4 is 10.6 Å². The topological polar surface area (TPSA) is 139 Å². The van der Waals surface area contributed by atoms with Crippen LogP contribution in [0.15, 0.2) is 79.1 Å². The summed E-state index contributed by atoms with van der Waals surface area (Å²) in [6.45, 7) is 0. The largest absolute Gasteiger partial charge is 0.478 e. The summed E-state index contributed by atoms with van der Waals surface area (Å²) >= 11 is 6.12. The Morgan fingerprint density at radius 3 is 2.55 bits per heavy atom. The molecule has 12 heteroatoms. The molecule has 0 aliphatic carbocycles. The van der Waals surface area contributed by atoms with E-state index in [0.29, 0.717) is 16.3 Å². The number of nitrogens with zero attached hydrogens (tertiary/aromatic N) is 4. The van der Waals surface area contributed by atoms with Crippen LogP contribution in [0.5, 0.6) is 0 Å². The number of carbonyl (C=O) groups excluding carboxylic acids is 2. The molecule has 0 radical (unpaired) electrons. The first-order valence-corrected chi connectivity index (χ1v) is 11.6. The summed E-state index contributed by atoms with van der Waals surface area (Å²) in [4.78, 5) is 37.0. The second-order valence-electron chi connectivity index (χ2n) is 8.03. The van der Waals surface area contributed by atoms with Gasteiger partial charge in [-0.05, 0) is 58.5 Å². The first kappa shape index (κ1) is 26.2. The average Bonchev–Trinajstić information content (AvgIpc) is 3.43. The predicted molar refractivity (Wildman–Crippen MR) is 137 cm³/mol. The van der Waals surface area contributed by atoms with Gasteiger partial charge < -0.3 is 15.7 Å². The zero-order valence-electron chi connectivity index (χ0n) is 19.6. The number of anilines is 1. The van der Waals surface area contributed by atoms with E-state index in [4.69, 9.17) is 16.7 Å². The van der Waals surface area contributed by atoms with Crippen LogP contribution in [0.4, 0.5) is 10.1 Å². The highest BCUT2D eigenvalue weighted by Crippen LogP contribution is 2.20. The van der Waals surface area contributed by atoms with Gasteiger partial charge >= 0.3 is 5.97 Å². The Balaban J connectivity index is 1.54. The van der Waals surface area contributed by atoms with Gasteiger partial charge in [0.15, 0.2) is 0 Å². The van der Waals surface area contributed by atoms with Gasteiger partial charge in [0, 0.05) is 23.1 Å². The summed E-state index contributed by atoms with van der Waals surface area (Å²) in [6.07, 6.45) is 4.24. The molecular formula is C26H20ClFN6O4. The molecule has 0 unspecified atom stereocenters. The molecule has 10 nitrogen and oxygen atoms in total. The van der Waals surface area contributed by atoms with E-state index in [1.54, 1.807) is 42.5 Å². The van der Waals surface area contributed by atoms with E-state index in [9.17, 15) is 18.8 Å². The third-order valence-corrected chi connectivity index (χ3v) is 5.62. The molecule has 0 bridgehead atoms. The second-order valence-corrected chi connectivity index (χ2v) is 8.47. The number of nitrogens with one attached hydrogen (secondary N) is 2. The summed E-state index contributed by atoms with van der Waals surface area (Å²) in [5.74, 6) is -3.50. The van der Waals surface area contributed by atoms with Crippen molar-refractivity contribution in [1.29, 1.82) is 0 Å². The normalized spacial score (nSPS) is 11.7. The molecule has 0 spiro atoms. The van der Waals surface area contributed by atoms with Gasteiger partial charge in [0.05, 0.1) is 16.9 Å². The highest BCUT2D eigenvalue weighted by molar-refractivity contribution is 6.30. The summed E-state index contributed by atoms with van der Waals surface area (Å²) in [7, 11) is 0. The second kappa shape index (κ2) is 11.9. The third kappa shape index (κ3) is 6.65. The van der Waals surface area contributed by atoms with Crippen molar-refractivity contribution in [3.63, 3.8) is 0 Å². The maximum atomic E-state index is 14.4. The fourth-order valence-electron chi connectivity index (χ4n) is 3.55. The molecule has 2 amide bonds. The van der Waals surface area contributed by atoms with Crippen molar-refractivity contribution in [3.8, 4) is 5.69 Å². The molecule has 0 fully saturated rings. The lowest BCUT2D eigenvalue weighted by molar-refractivity contribution is -0.123. The van der Waals surface area contributed by atoms with Crippen LogP contribution in [-0.4, -0.2) is 49.1 Å². The van der Waals surface area contributed by atoms with Gasteiger partial charge in [0.1, 0.15) is 18.2 Å². The Kier molecular flexibility index (Phi) is 8.19. The molecule has 1 aromatic heterocycles. The number of carboxylic acid groups (broad SMARTS) is 1. The molecule has 4 aromatic rings. The number of aromatic carboxylic acids is 1. The van der Waals surface area contributed by atoms with Crippen LogP contribution in [0.3, 0.4) is 0 Å². The standard InChI is InChI=1S/C26H20ClFN6O4/c27-19-8-10-23(34-15-29-32-33-34)17(13-19)7-11-24(35)30-22(12-16-4-2-1-3-5-16)25(36)31-21-9-6-18(26(37)38)14-20(21)28/h1-11,13-15,22H,12H2,(H,30,35)(H,31,36)(H,37,38)/b11-7+/t22-/m0/s1. The number of carboxylic acids is 1. The molecule has 192 valence electrons. The van der Waals surface area contributed by atoms with Crippen molar-refractivity contribution in [2.75, 3.05) is 5.32 Å². The van der Waals surface area contributed by atoms with Crippen LogP contribution in [0.2, 0.25) is 5.02 Å². The Morgan fingerprint density at radius 1 is 1.08 bits per heavy atom. The molecular weight excluding hydrogens is 515 g/mol. The molecule has 0 aliphatic rings. The number of tetrazole rings is 1. The third-order valence-electron chi connectivity index (χ3n) is 5.39. The summed E-state index contributed by atoms with van der Waals surface area (Å²) in [6, 6.07) is 16.0. The van der Waals surface area contributed by atoms with Gasteiger partial charge in [0.25, 0.3) is 0 Å². The number of benzene rings is 3. The zero-order chi connectivity index (χ0) is 27.1. The van der Waals surface area contributed by atoms with Gasteiger partial charge in [-0.2, -0.15) is 4.68 Å². The van der Waals surface area contributed by atoms with Gasteiger partial charge in [0.2, 0.25) is 11.8 Å². The maximum Gasteiger partial charge on any atom is 0.335 e. The number of hydrogen-bond acceptors (Lipinski definition) is 6. The summed E-state index contributed by atoms with van der Waals surface area (Å²) in [5, 5.41) is 25.6. The van der Waals surface area contributed by atoms with Crippen LogP contribution in [-0.2, 0) is 16.0 Å². The highest BCUT2D eigenvalue weighted by atomic mass is 35.5. The Bertz CT molecular complexity index is 1500. The first-order chi connectivity index (χ1) is 18.3. The minimum atomic E-state index is -1.30. The lowest BCUT2D eigenvalue weighted by Crippen LogP contribution is -2.44. The van der Waals surface area contributed by atoms with Crippen molar-refractivity contribution >= 4 is 41.1 Å². The fourth-order valence-corrected chi connectivity index (χ4v) is 3.73. The Morgan fingerprint density at radius 2 is 1.87 bits per heavy atom. The van der Waals surface area contributed by atoms with Gasteiger partial charge in [-0.25, -0.2) is 9.18 Å². The van der Waals surface area contributed by atoms with Gasteiger partial charge in [-0.1, -0.05) is 41.9 Å². The molecule has 38 heavy (non-hydrogen) atoms. The monoisotopic (exact) mass is 534 g/mol. The Hall–Kier alpha value is -4.90. The van der Waals surface area contributed by atoms with Crippen molar-refractivity contribution in [2.24, 2.45) is 0 Å². The number of halogens is 2. The lowest BCUT2D eigenvalue weighted by atomic mass is 10.0. The number of carbonyl (C=O) groups is 3. The van der Waals surface area contributed by atoms with E-state index in [1.807, 2.05) is 6.07 Å². The molecule has 3 N–H and O–H groups in total. The number of hydrogen-bond donors (Lipinski definition) is 3. The number of rotatable bonds is 9. The van der Waals surface area contributed by atoms with Crippen LogP contribution in [0.25, 0.3) is 11.8 Å². The molecule has 1 heterocycles. The van der Waals surface area contributed by atoms with Crippen LogP contribution in [0, 0.1) is 5.82 Å². The quantitative estimate of drug-likeness (QED) is 0.279. The van der Waals surface area contributed by atoms with Crippen molar-refractivity contribution in [3.05, 3.63) is 107 Å². The molecule has 0 aliphatic heterocycles. The average molecular weight is 535 g/mol. The highest BCUT2D eigenvalue weighted by Gasteiger charge is 2.22. The van der Waals surface area contributed by atoms with Crippen LogP contribution in [0.1, 0.15) is 21.5 Å². The summed E-state index contributed by atoms with van der Waals surface area (Å²) in [5.41, 5.74) is 1.40. The van der Waals surface area contributed by atoms with E-state index in [0.717, 1.165) is 17.7 Å². The van der Waals surface area contributed by atoms with E-state index < -0.39 is 29.6 Å².